The Labute approximate surface area is 128 Å². The van der Waals surface area contributed by atoms with Crippen LogP contribution in [0.3, 0.4) is 0 Å². The van der Waals surface area contributed by atoms with Gasteiger partial charge in [0.15, 0.2) is 0 Å². The van der Waals surface area contributed by atoms with Crippen LogP contribution >= 0.6 is 0 Å². The zero-order valence-corrected chi connectivity index (χ0v) is 12.1. The topological polar surface area (TPSA) is 9.23 Å². The molecule has 0 aliphatic heterocycles. The summed E-state index contributed by atoms with van der Waals surface area (Å²) in [6.45, 7) is 3.49. The Hall–Kier alpha value is -2.18. The Bertz CT molecular complexity index is 663. The van der Waals surface area contributed by atoms with Gasteiger partial charge in [-0.05, 0) is 55.3 Å². The summed E-state index contributed by atoms with van der Waals surface area (Å²) in [5.41, 5.74) is -1.26. The van der Waals surface area contributed by atoms with Gasteiger partial charge in [-0.2, -0.15) is 26.3 Å². The number of halogens is 6. The predicted octanol–water partition coefficient (Wildman–Crippen LogP) is 6.13. The fourth-order valence-electron chi connectivity index (χ4n) is 2.11. The molecule has 7 heteroatoms. The van der Waals surface area contributed by atoms with E-state index in [-0.39, 0.29) is 11.8 Å². The standard InChI is InChI=1S/C16H12F6O/c1-9-3-10(2)5-13(4-9)23-14-7-11(15(17,18)19)6-12(8-14)16(20,21)22/h3-8H,1-2H3. The highest BCUT2D eigenvalue weighted by molar-refractivity contribution is 5.41. The largest absolute Gasteiger partial charge is 0.457 e. The average Bonchev–Trinajstić information content (AvgIpc) is 2.34. The van der Waals surface area contributed by atoms with Gasteiger partial charge in [0.25, 0.3) is 0 Å². The van der Waals surface area contributed by atoms with Gasteiger partial charge in [0.2, 0.25) is 0 Å². The lowest BCUT2D eigenvalue weighted by molar-refractivity contribution is -0.143. The van der Waals surface area contributed by atoms with Crippen LogP contribution in [-0.4, -0.2) is 0 Å². The van der Waals surface area contributed by atoms with Crippen LogP contribution < -0.4 is 4.74 Å². The molecule has 0 fully saturated rings. The van der Waals surface area contributed by atoms with Gasteiger partial charge in [-0.1, -0.05) is 6.07 Å². The molecule has 0 aliphatic rings. The summed E-state index contributed by atoms with van der Waals surface area (Å²) >= 11 is 0. The first kappa shape index (κ1) is 17.2. The van der Waals surface area contributed by atoms with Gasteiger partial charge >= 0.3 is 12.4 Å². The summed E-state index contributed by atoms with van der Waals surface area (Å²) < 4.78 is 81.9. The smallest absolute Gasteiger partial charge is 0.416 e. The monoisotopic (exact) mass is 334 g/mol. The zero-order valence-electron chi connectivity index (χ0n) is 12.1. The molecule has 0 saturated heterocycles. The van der Waals surface area contributed by atoms with Crippen molar-refractivity contribution < 1.29 is 31.1 Å². The van der Waals surface area contributed by atoms with Gasteiger partial charge in [-0.25, -0.2) is 0 Å². The number of ether oxygens (including phenoxy) is 1. The lowest BCUT2D eigenvalue weighted by Gasteiger charge is -2.15. The number of alkyl halides is 6. The van der Waals surface area contributed by atoms with E-state index < -0.39 is 29.2 Å². The Morgan fingerprint density at radius 2 is 1.00 bits per heavy atom. The van der Waals surface area contributed by atoms with E-state index >= 15 is 0 Å². The molecule has 2 aromatic carbocycles. The first-order valence-corrected chi connectivity index (χ1v) is 6.51. The highest BCUT2D eigenvalue weighted by Gasteiger charge is 2.37. The lowest BCUT2D eigenvalue weighted by Crippen LogP contribution is -2.11. The van der Waals surface area contributed by atoms with Gasteiger partial charge in [0, 0.05) is 0 Å². The Morgan fingerprint density at radius 1 is 0.609 bits per heavy atom. The van der Waals surface area contributed by atoms with Crippen molar-refractivity contribution in [1.82, 2.24) is 0 Å². The summed E-state index contributed by atoms with van der Waals surface area (Å²) in [7, 11) is 0. The summed E-state index contributed by atoms with van der Waals surface area (Å²) in [6.07, 6.45) is -9.80. The molecule has 0 aromatic heterocycles. The van der Waals surface area contributed by atoms with Crippen molar-refractivity contribution in [3.05, 3.63) is 58.7 Å². The second kappa shape index (κ2) is 5.79. The van der Waals surface area contributed by atoms with Crippen LogP contribution in [0, 0.1) is 13.8 Å². The van der Waals surface area contributed by atoms with Crippen molar-refractivity contribution >= 4 is 0 Å². The normalized spacial score (nSPS) is 12.3. The minimum Gasteiger partial charge on any atom is -0.457 e. The Kier molecular flexibility index (Phi) is 4.32. The van der Waals surface area contributed by atoms with E-state index in [1.54, 1.807) is 19.9 Å². The molecule has 2 aromatic rings. The second-order valence-corrected chi connectivity index (χ2v) is 5.17. The maximum Gasteiger partial charge on any atom is 0.416 e. The van der Waals surface area contributed by atoms with Gasteiger partial charge in [0.1, 0.15) is 11.5 Å². The fourth-order valence-corrected chi connectivity index (χ4v) is 2.11. The lowest BCUT2D eigenvalue weighted by atomic mass is 10.1. The number of rotatable bonds is 2. The maximum atomic E-state index is 12.8. The van der Waals surface area contributed by atoms with Crippen molar-refractivity contribution in [1.29, 1.82) is 0 Å². The van der Waals surface area contributed by atoms with E-state index in [9.17, 15) is 26.3 Å². The fraction of sp³-hybridized carbons (Fsp3) is 0.250. The van der Waals surface area contributed by atoms with E-state index in [1.807, 2.05) is 0 Å². The van der Waals surface area contributed by atoms with Crippen LogP contribution in [0.25, 0.3) is 0 Å². The van der Waals surface area contributed by atoms with E-state index in [1.165, 1.54) is 12.1 Å². The van der Waals surface area contributed by atoms with E-state index in [4.69, 9.17) is 4.74 Å². The summed E-state index contributed by atoms with van der Waals surface area (Å²) in [5, 5.41) is 0. The van der Waals surface area contributed by atoms with Gasteiger partial charge in [-0.15, -0.1) is 0 Å². The van der Waals surface area contributed by atoms with Crippen LogP contribution in [0.2, 0.25) is 0 Å². The van der Waals surface area contributed by atoms with Crippen LogP contribution in [0.15, 0.2) is 36.4 Å². The molecule has 0 atom stereocenters. The van der Waals surface area contributed by atoms with Gasteiger partial charge in [0.05, 0.1) is 11.1 Å². The Morgan fingerprint density at radius 3 is 1.39 bits per heavy atom. The third kappa shape index (κ3) is 4.40. The molecule has 0 spiro atoms. The number of aryl methyl sites for hydroxylation is 2. The number of hydrogen-bond acceptors (Lipinski definition) is 1. The molecular weight excluding hydrogens is 322 g/mol. The molecule has 0 amide bonds. The quantitative estimate of drug-likeness (QED) is 0.600. The first-order chi connectivity index (χ1) is 10.4. The highest BCUT2D eigenvalue weighted by atomic mass is 19.4. The molecule has 0 aliphatic carbocycles. The molecular formula is C16H12F6O. The van der Waals surface area contributed by atoms with E-state index in [0.717, 1.165) is 11.1 Å². The van der Waals surface area contributed by atoms with Gasteiger partial charge < -0.3 is 4.74 Å². The first-order valence-electron chi connectivity index (χ1n) is 6.51. The van der Waals surface area contributed by atoms with Crippen molar-refractivity contribution in [2.45, 2.75) is 26.2 Å². The molecule has 0 N–H and O–H groups in total. The maximum absolute atomic E-state index is 12.8. The third-order valence-electron chi connectivity index (χ3n) is 2.99. The van der Waals surface area contributed by atoms with Crippen LogP contribution in [-0.2, 0) is 12.4 Å². The Balaban J connectivity index is 2.49. The number of benzene rings is 2. The minimum absolute atomic E-state index is 0.0638. The molecule has 0 bridgehead atoms. The van der Waals surface area contributed by atoms with Crippen LogP contribution in [0.4, 0.5) is 26.3 Å². The van der Waals surface area contributed by atoms with Crippen LogP contribution in [0.1, 0.15) is 22.3 Å². The highest BCUT2D eigenvalue weighted by Crippen LogP contribution is 2.39. The van der Waals surface area contributed by atoms with Crippen molar-refractivity contribution in [2.24, 2.45) is 0 Å². The second-order valence-electron chi connectivity index (χ2n) is 5.17. The minimum atomic E-state index is -4.90. The SMILES string of the molecule is Cc1cc(C)cc(Oc2cc(C(F)(F)F)cc(C(F)(F)F)c2)c1. The van der Waals surface area contributed by atoms with Crippen molar-refractivity contribution in [3.63, 3.8) is 0 Å². The summed E-state index contributed by atoms with van der Waals surface area (Å²) in [5.74, 6) is -0.341. The third-order valence-corrected chi connectivity index (χ3v) is 2.99. The predicted molar refractivity (Wildman–Crippen MR) is 72.4 cm³/mol. The molecule has 0 unspecified atom stereocenters. The molecule has 0 radical (unpaired) electrons. The van der Waals surface area contributed by atoms with Gasteiger partial charge in [-0.3, -0.25) is 0 Å². The zero-order chi connectivity index (χ0) is 17.4. The van der Waals surface area contributed by atoms with Crippen molar-refractivity contribution in [3.8, 4) is 11.5 Å². The molecule has 0 saturated carbocycles. The number of hydrogen-bond donors (Lipinski definition) is 0. The average molecular weight is 334 g/mol. The summed E-state index contributed by atoms with van der Waals surface area (Å²) in [4.78, 5) is 0. The molecule has 23 heavy (non-hydrogen) atoms. The molecule has 0 heterocycles. The van der Waals surface area contributed by atoms with E-state index in [2.05, 4.69) is 0 Å². The summed E-state index contributed by atoms with van der Waals surface area (Å²) in [6, 6.07) is 6.02. The molecule has 1 nitrogen and oxygen atoms in total. The molecule has 124 valence electrons. The van der Waals surface area contributed by atoms with E-state index in [0.29, 0.717) is 12.1 Å². The van der Waals surface area contributed by atoms with Crippen LogP contribution in [0.5, 0.6) is 11.5 Å². The van der Waals surface area contributed by atoms with Crippen molar-refractivity contribution in [2.75, 3.05) is 0 Å². The molecule has 2 rings (SSSR count).